The van der Waals surface area contributed by atoms with Gasteiger partial charge in [0.2, 0.25) is 0 Å². The maximum Gasteiger partial charge on any atom is 0.0529 e. The highest BCUT2D eigenvalue weighted by Gasteiger charge is 2.03. The summed E-state index contributed by atoms with van der Waals surface area (Å²) in [6.07, 6.45) is 3.78. The molecule has 0 amide bonds. The highest BCUT2D eigenvalue weighted by atomic mass is 32.1. The third kappa shape index (κ3) is 2.32. The fourth-order valence-electron chi connectivity index (χ4n) is 1.19. The Morgan fingerprint density at radius 2 is 2.00 bits per heavy atom. The van der Waals surface area contributed by atoms with Crippen LogP contribution in [0.4, 0.5) is 0 Å². The zero-order chi connectivity index (χ0) is 10.6. The van der Waals surface area contributed by atoms with Crippen LogP contribution in [-0.2, 0) is 0 Å². The molecule has 0 spiro atoms. The summed E-state index contributed by atoms with van der Waals surface area (Å²) in [7, 11) is 0. The van der Waals surface area contributed by atoms with Crippen LogP contribution in [0.5, 0.6) is 0 Å². The average molecular weight is 207 g/mol. The zero-order valence-electron chi connectivity index (χ0n) is 9.24. The summed E-state index contributed by atoms with van der Waals surface area (Å²) in [5.41, 5.74) is 0. The number of nitrogens with zero attached hydrogens (tertiary/aromatic N) is 1. The van der Waals surface area contributed by atoms with E-state index in [0.29, 0.717) is 5.92 Å². The Hall–Kier alpha value is -0.890. The molecule has 0 N–H and O–H groups in total. The summed E-state index contributed by atoms with van der Waals surface area (Å²) in [4.78, 5) is 5.54. The van der Waals surface area contributed by atoms with Crippen LogP contribution in [0.2, 0.25) is 0 Å². The van der Waals surface area contributed by atoms with E-state index in [1.54, 1.807) is 0 Å². The van der Waals surface area contributed by atoms with E-state index in [9.17, 15) is 0 Å². The van der Waals surface area contributed by atoms with Gasteiger partial charge in [-0.25, -0.2) is 0 Å². The van der Waals surface area contributed by atoms with Gasteiger partial charge in [0.1, 0.15) is 0 Å². The molecular formula is C12H17NS. The standard InChI is InChI=1S/C10H11NS.C2H6/c1-7(2)9-5-8-3-4-11-6-10(8)12-9;1-2/h3-7H,1-2H3;1-2H3. The van der Waals surface area contributed by atoms with E-state index >= 15 is 0 Å². The molecule has 1 nitrogen and oxygen atoms in total. The molecule has 0 bridgehead atoms. The van der Waals surface area contributed by atoms with Crippen molar-refractivity contribution in [2.24, 2.45) is 0 Å². The molecule has 0 aromatic carbocycles. The summed E-state index contributed by atoms with van der Waals surface area (Å²) in [5, 5.41) is 1.32. The number of hydrogen-bond donors (Lipinski definition) is 0. The fourth-order valence-corrected chi connectivity index (χ4v) is 2.22. The van der Waals surface area contributed by atoms with Crippen LogP contribution in [0, 0.1) is 0 Å². The predicted molar refractivity (Wildman–Crippen MR) is 65.1 cm³/mol. The summed E-state index contributed by atoms with van der Waals surface area (Å²) >= 11 is 1.84. The van der Waals surface area contributed by atoms with Gasteiger partial charge in [-0.15, -0.1) is 11.3 Å². The summed E-state index contributed by atoms with van der Waals surface area (Å²) in [6, 6.07) is 4.32. The van der Waals surface area contributed by atoms with E-state index < -0.39 is 0 Å². The van der Waals surface area contributed by atoms with Crippen LogP contribution >= 0.6 is 11.3 Å². The molecule has 0 saturated heterocycles. The van der Waals surface area contributed by atoms with Crippen LogP contribution in [0.3, 0.4) is 0 Å². The van der Waals surface area contributed by atoms with Crippen molar-refractivity contribution in [1.29, 1.82) is 0 Å². The highest BCUT2D eigenvalue weighted by Crippen LogP contribution is 2.29. The molecule has 2 rings (SSSR count). The molecule has 14 heavy (non-hydrogen) atoms. The highest BCUT2D eigenvalue weighted by molar-refractivity contribution is 7.19. The Morgan fingerprint density at radius 1 is 1.29 bits per heavy atom. The molecule has 0 fully saturated rings. The topological polar surface area (TPSA) is 12.9 Å². The average Bonchev–Trinajstić information content (AvgIpc) is 2.64. The Labute approximate surface area is 89.8 Å². The van der Waals surface area contributed by atoms with E-state index in [4.69, 9.17) is 0 Å². The maximum absolute atomic E-state index is 4.10. The largest absolute Gasteiger partial charge is 0.263 e. The quantitative estimate of drug-likeness (QED) is 0.673. The molecular weight excluding hydrogens is 190 g/mol. The van der Waals surface area contributed by atoms with Crippen LogP contribution in [-0.4, -0.2) is 4.98 Å². The van der Waals surface area contributed by atoms with Gasteiger partial charge >= 0.3 is 0 Å². The van der Waals surface area contributed by atoms with Crippen molar-refractivity contribution in [3.8, 4) is 0 Å². The number of fused-ring (bicyclic) bond motifs is 1. The second-order valence-electron chi connectivity index (χ2n) is 3.22. The number of rotatable bonds is 1. The number of aromatic nitrogens is 1. The lowest BCUT2D eigenvalue weighted by Crippen LogP contribution is -1.77. The van der Waals surface area contributed by atoms with Crippen molar-refractivity contribution in [3.05, 3.63) is 29.4 Å². The Bertz CT molecular complexity index is 357. The normalized spacial score (nSPS) is 10.1. The smallest absolute Gasteiger partial charge is 0.0529 e. The van der Waals surface area contributed by atoms with Gasteiger partial charge < -0.3 is 0 Å². The molecule has 2 aromatic rings. The van der Waals surface area contributed by atoms with Crippen molar-refractivity contribution in [2.75, 3.05) is 0 Å². The third-order valence-electron chi connectivity index (χ3n) is 1.91. The molecule has 0 unspecified atom stereocenters. The van der Waals surface area contributed by atoms with Gasteiger partial charge in [-0.05, 0) is 23.4 Å². The Balaban J connectivity index is 0.000000461. The number of pyridine rings is 1. The zero-order valence-corrected chi connectivity index (χ0v) is 10.1. The molecule has 0 saturated carbocycles. The monoisotopic (exact) mass is 207 g/mol. The second kappa shape index (κ2) is 5.11. The first-order valence-corrected chi connectivity index (χ1v) is 5.92. The molecule has 2 aromatic heterocycles. The second-order valence-corrected chi connectivity index (χ2v) is 4.33. The van der Waals surface area contributed by atoms with E-state index in [-0.39, 0.29) is 0 Å². The molecule has 2 heteroatoms. The molecule has 0 aliphatic carbocycles. The summed E-state index contributed by atoms with van der Waals surface area (Å²) in [6.45, 7) is 8.44. The maximum atomic E-state index is 4.10. The molecule has 0 aliphatic heterocycles. The van der Waals surface area contributed by atoms with Crippen LogP contribution in [0.1, 0.15) is 38.5 Å². The first-order chi connectivity index (χ1) is 6.77. The predicted octanol–water partition coefficient (Wildman–Crippen LogP) is 4.45. The van der Waals surface area contributed by atoms with Gasteiger partial charge in [-0.1, -0.05) is 27.7 Å². The molecule has 0 radical (unpaired) electrons. The lowest BCUT2D eigenvalue weighted by molar-refractivity contribution is 0.890. The van der Waals surface area contributed by atoms with Gasteiger partial charge in [0, 0.05) is 17.3 Å². The van der Waals surface area contributed by atoms with Crippen LogP contribution in [0.15, 0.2) is 24.5 Å². The minimum atomic E-state index is 0.627. The van der Waals surface area contributed by atoms with Gasteiger partial charge in [-0.2, -0.15) is 0 Å². The van der Waals surface area contributed by atoms with E-state index in [0.717, 1.165) is 0 Å². The van der Waals surface area contributed by atoms with E-state index in [1.165, 1.54) is 15.0 Å². The molecule has 0 aliphatic rings. The third-order valence-corrected chi connectivity index (χ3v) is 3.30. The Morgan fingerprint density at radius 3 is 2.57 bits per heavy atom. The lowest BCUT2D eigenvalue weighted by atomic mass is 10.1. The van der Waals surface area contributed by atoms with Crippen molar-refractivity contribution < 1.29 is 0 Å². The minimum Gasteiger partial charge on any atom is -0.263 e. The summed E-state index contributed by atoms with van der Waals surface area (Å²) in [5.74, 6) is 0.627. The van der Waals surface area contributed by atoms with Crippen molar-refractivity contribution in [1.82, 2.24) is 4.98 Å². The van der Waals surface area contributed by atoms with E-state index in [2.05, 4.69) is 31.0 Å². The van der Waals surface area contributed by atoms with Crippen molar-refractivity contribution >= 4 is 21.4 Å². The van der Waals surface area contributed by atoms with E-state index in [1.807, 2.05) is 37.6 Å². The van der Waals surface area contributed by atoms with Crippen LogP contribution in [0.25, 0.3) is 10.1 Å². The van der Waals surface area contributed by atoms with Crippen molar-refractivity contribution in [3.63, 3.8) is 0 Å². The lowest BCUT2D eigenvalue weighted by Gasteiger charge is -1.95. The van der Waals surface area contributed by atoms with Gasteiger partial charge in [0.25, 0.3) is 0 Å². The molecule has 76 valence electrons. The fraction of sp³-hybridized carbons (Fsp3) is 0.417. The molecule has 0 atom stereocenters. The van der Waals surface area contributed by atoms with Crippen LogP contribution < -0.4 is 0 Å². The first kappa shape index (κ1) is 11.2. The van der Waals surface area contributed by atoms with Gasteiger partial charge in [0.15, 0.2) is 0 Å². The first-order valence-electron chi connectivity index (χ1n) is 5.11. The number of thiophene rings is 1. The van der Waals surface area contributed by atoms with Gasteiger partial charge in [0.05, 0.1) is 4.70 Å². The minimum absolute atomic E-state index is 0.627. The molecule has 2 heterocycles. The van der Waals surface area contributed by atoms with Crippen molar-refractivity contribution in [2.45, 2.75) is 33.6 Å². The van der Waals surface area contributed by atoms with Gasteiger partial charge in [-0.3, -0.25) is 4.98 Å². The SMILES string of the molecule is CC.CC(C)c1cc2ccncc2s1. The number of hydrogen-bond acceptors (Lipinski definition) is 2. The Kier molecular flexibility index (Phi) is 4.08. The summed E-state index contributed by atoms with van der Waals surface area (Å²) < 4.78 is 1.29.